The van der Waals surface area contributed by atoms with E-state index in [9.17, 15) is 9.59 Å². The molecule has 0 amide bonds. The topological polar surface area (TPSA) is 55.8 Å². The molecule has 2 heterocycles. The first-order valence-corrected chi connectivity index (χ1v) is 8.33. The summed E-state index contributed by atoms with van der Waals surface area (Å²) in [4.78, 5) is 25.9. The molecule has 0 unspecified atom stereocenters. The Labute approximate surface area is 134 Å². The number of rotatable bonds is 2. The van der Waals surface area contributed by atoms with Crippen molar-refractivity contribution >= 4 is 12.3 Å². The van der Waals surface area contributed by atoms with Crippen molar-refractivity contribution in [2.75, 3.05) is 13.6 Å². The van der Waals surface area contributed by atoms with Gasteiger partial charge in [-0.25, -0.2) is 0 Å². The Morgan fingerprint density at radius 3 is 3.13 bits per heavy atom. The van der Waals surface area contributed by atoms with E-state index in [-0.39, 0.29) is 11.2 Å². The maximum Gasteiger partial charge on any atom is 0.298 e. The largest absolute Gasteiger partial charge is 0.477 e. The lowest BCUT2D eigenvalue weighted by Crippen LogP contribution is -2.65. The van der Waals surface area contributed by atoms with Crippen LogP contribution in [0.3, 0.4) is 0 Å². The van der Waals surface area contributed by atoms with Gasteiger partial charge in [-0.05, 0) is 50.4 Å². The van der Waals surface area contributed by atoms with Crippen molar-refractivity contribution in [1.82, 2.24) is 4.90 Å². The summed E-state index contributed by atoms with van der Waals surface area (Å²) in [5.41, 5.74) is 2.20. The third-order valence-electron chi connectivity index (χ3n) is 6.55. The van der Waals surface area contributed by atoms with Crippen molar-refractivity contribution in [3.8, 4) is 11.5 Å². The predicted molar refractivity (Wildman–Crippen MR) is 81.7 cm³/mol. The van der Waals surface area contributed by atoms with Crippen LogP contribution < -0.4 is 9.47 Å². The second kappa shape index (κ2) is 4.35. The van der Waals surface area contributed by atoms with Gasteiger partial charge in [0.2, 0.25) is 0 Å². The Bertz CT molecular complexity index is 730. The number of likely N-dealkylation sites (N-methyl/N-ethyl adjacent to an activating group) is 1. The lowest BCUT2D eigenvalue weighted by Gasteiger charge is -2.57. The number of benzene rings is 1. The van der Waals surface area contributed by atoms with Crippen LogP contribution in [0.15, 0.2) is 12.1 Å². The molecule has 4 aliphatic rings. The second-order valence-electron chi connectivity index (χ2n) is 7.29. The molecule has 0 radical (unpaired) electrons. The zero-order valence-electron chi connectivity index (χ0n) is 13.1. The molecule has 1 saturated heterocycles. The Hall–Kier alpha value is -1.88. The lowest BCUT2D eigenvalue weighted by atomic mass is 9.52. The highest BCUT2D eigenvalue weighted by molar-refractivity contribution is 5.89. The maximum absolute atomic E-state index is 12.6. The van der Waals surface area contributed by atoms with Crippen molar-refractivity contribution in [3.63, 3.8) is 0 Å². The van der Waals surface area contributed by atoms with Gasteiger partial charge in [-0.2, -0.15) is 0 Å². The van der Waals surface area contributed by atoms with E-state index in [0.29, 0.717) is 36.4 Å². The molecule has 1 aromatic carbocycles. The van der Waals surface area contributed by atoms with Gasteiger partial charge in [0.05, 0.1) is 0 Å². The second-order valence-corrected chi connectivity index (χ2v) is 7.29. The first kappa shape index (κ1) is 13.5. The molecule has 5 nitrogen and oxygen atoms in total. The van der Waals surface area contributed by atoms with Gasteiger partial charge < -0.3 is 14.4 Å². The van der Waals surface area contributed by atoms with Crippen LogP contribution in [0.4, 0.5) is 0 Å². The summed E-state index contributed by atoms with van der Waals surface area (Å²) in [7, 11) is 2.19. The number of Topliss-reactive ketones (excluding diaryl/α,β-unsaturated/α-hetero) is 1. The molecule has 2 aliphatic heterocycles. The molecule has 2 bridgehead atoms. The molecule has 2 fully saturated rings. The van der Waals surface area contributed by atoms with Crippen LogP contribution in [-0.4, -0.2) is 42.9 Å². The van der Waals surface area contributed by atoms with Gasteiger partial charge in [-0.3, -0.25) is 9.59 Å². The van der Waals surface area contributed by atoms with Crippen LogP contribution in [0.2, 0.25) is 0 Å². The Morgan fingerprint density at radius 2 is 2.30 bits per heavy atom. The summed E-state index contributed by atoms with van der Waals surface area (Å²) in [5.74, 6) is 1.74. The number of hydrogen-bond donors (Lipinski definition) is 0. The molecular formula is C18H19NO4. The maximum atomic E-state index is 12.6. The fourth-order valence-corrected chi connectivity index (χ4v) is 5.65. The number of carbonyl (C=O) groups excluding carboxylic acids is 2. The summed E-state index contributed by atoms with van der Waals surface area (Å²) >= 11 is 0. The summed E-state index contributed by atoms with van der Waals surface area (Å²) in [6.45, 7) is 1.41. The molecule has 1 aromatic rings. The highest BCUT2D eigenvalue weighted by Crippen LogP contribution is 2.63. The van der Waals surface area contributed by atoms with E-state index < -0.39 is 6.10 Å². The zero-order chi connectivity index (χ0) is 15.8. The summed E-state index contributed by atoms with van der Waals surface area (Å²) in [6.07, 6.45) is 3.05. The summed E-state index contributed by atoms with van der Waals surface area (Å²) in [6, 6.07) is 4.32. The van der Waals surface area contributed by atoms with Gasteiger partial charge in [0, 0.05) is 23.4 Å². The molecule has 1 saturated carbocycles. The minimum absolute atomic E-state index is 0.200. The fraction of sp³-hybridized carbons (Fsp3) is 0.556. The SMILES string of the molecule is CN1CC[C@]23c4c5ccc(OC=O)c4O[C@H]2C(=O)CC[C@H]3[C@H]1C5. The van der Waals surface area contributed by atoms with Crippen molar-refractivity contribution < 1.29 is 19.1 Å². The third kappa shape index (κ3) is 1.47. The number of piperidine rings is 1. The minimum atomic E-state index is -0.400. The van der Waals surface area contributed by atoms with Crippen LogP contribution in [-0.2, 0) is 21.4 Å². The van der Waals surface area contributed by atoms with Gasteiger partial charge >= 0.3 is 0 Å². The molecule has 120 valence electrons. The van der Waals surface area contributed by atoms with E-state index in [4.69, 9.17) is 9.47 Å². The van der Waals surface area contributed by atoms with E-state index in [1.165, 1.54) is 5.56 Å². The summed E-state index contributed by atoms with van der Waals surface area (Å²) in [5, 5.41) is 0. The van der Waals surface area contributed by atoms with Gasteiger partial charge in [-0.15, -0.1) is 0 Å². The van der Waals surface area contributed by atoms with E-state index in [1.807, 2.05) is 6.07 Å². The number of carbonyl (C=O) groups is 2. The minimum Gasteiger partial charge on any atom is -0.477 e. The van der Waals surface area contributed by atoms with Crippen molar-refractivity contribution in [2.24, 2.45) is 5.92 Å². The molecule has 5 rings (SSSR count). The van der Waals surface area contributed by atoms with Gasteiger partial charge in [0.25, 0.3) is 6.47 Å². The quantitative estimate of drug-likeness (QED) is 0.774. The number of likely N-dealkylation sites (tertiary alicyclic amines) is 1. The Morgan fingerprint density at radius 1 is 1.43 bits per heavy atom. The number of ketones is 1. The predicted octanol–water partition coefficient (Wildman–Crippen LogP) is 1.46. The van der Waals surface area contributed by atoms with Gasteiger partial charge in [0.1, 0.15) is 0 Å². The van der Waals surface area contributed by atoms with Crippen molar-refractivity contribution in [3.05, 3.63) is 23.3 Å². The highest BCUT2D eigenvalue weighted by Gasteiger charge is 2.65. The standard InChI is InChI=1S/C18H19NO4/c1-19-7-6-18-11-3-4-13(21)17(18)23-16-14(22-9-20)5-2-10(15(16)18)8-12(11)19/h2,5,9,11-12,17H,3-4,6-8H2,1H3/t11-,12+,17-,18-/m0/s1. The molecular weight excluding hydrogens is 294 g/mol. The van der Waals surface area contributed by atoms with Crippen LogP contribution in [0.1, 0.15) is 30.4 Å². The molecule has 1 spiro atoms. The van der Waals surface area contributed by atoms with Crippen molar-refractivity contribution in [1.29, 1.82) is 0 Å². The van der Waals surface area contributed by atoms with Crippen LogP contribution in [0.5, 0.6) is 11.5 Å². The Balaban J connectivity index is 1.79. The number of nitrogens with zero attached hydrogens (tertiary/aromatic N) is 1. The lowest BCUT2D eigenvalue weighted by molar-refractivity contribution is -0.138. The normalized spacial score (nSPS) is 37.1. The molecule has 5 heteroatoms. The van der Waals surface area contributed by atoms with E-state index >= 15 is 0 Å². The van der Waals surface area contributed by atoms with E-state index in [0.717, 1.165) is 31.4 Å². The van der Waals surface area contributed by atoms with Gasteiger partial charge in [-0.1, -0.05) is 6.07 Å². The van der Waals surface area contributed by atoms with Crippen molar-refractivity contribution in [2.45, 2.75) is 43.2 Å². The smallest absolute Gasteiger partial charge is 0.298 e. The molecule has 0 N–H and O–H groups in total. The third-order valence-corrected chi connectivity index (χ3v) is 6.55. The molecule has 2 aliphatic carbocycles. The van der Waals surface area contributed by atoms with Crippen LogP contribution >= 0.6 is 0 Å². The summed E-state index contributed by atoms with van der Waals surface area (Å²) < 4.78 is 11.3. The molecule has 4 atom stereocenters. The highest BCUT2D eigenvalue weighted by atomic mass is 16.6. The fourth-order valence-electron chi connectivity index (χ4n) is 5.65. The van der Waals surface area contributed by atoms with Gasteiger partial charge in [0.15, 0.2) is 23.4 Å². The number of ether oxygens (including phenoxy) is 2. The van der Waals surface area contributed by atoms with Crippen LogP contribution in [0, 0.1) is 5.92 Å². The number of hydrogen-bond acceptors (Lipinski definition) is 5. The monoisotopic (exact) mass is 313 g/mol. The average Bonchev–Trinajstić information content (AvgIpc) is 2.90. The average molecular weight is 313 g/mol. The first-order chi connectivity index (χ1) is 11.2. The van der Waals surface area contributed by atoms with E-state index in [2.05, 4.69) is 11.9 Å². The first-order valence-electron chi connectivity index (χ1n) is 8.33. The van der Waals surface area contributed by atoms with E-state index in [1.54, 1.807) is 6.07 Å². The zero-order valence-corrected chi connectivity index (χ0v) is 13.1. The van der Waals surface area contributed by atoms with Crippen LogP contribution in [0.25, 0.3) is 0 Å². The molecule has 23 heavy (non-hydrogen) atoms. The molecule has 0 aromatic heterocycles. The Kier molecular flexibility index (Phi) is 2.56.